The van der Waals surface area contributed by atoms with Gasteiger partial charge in [-0.2, -0.15) is 0 Å². The van der Waals surface area contributed by atoms with E-state index in [0.29, 0.717) is 0 Å². The fourth-order valence-electron chi connectivity index (χ4n) is 2.06. The lowest BCUT2D eigenvalue weighted by molar-refractivity contribution is 1.25. The van der Waals surface area contributed by atoms with Crippen molar-refractivity contribution in [1.29, 1.82) is 0 Å². The summed E-state index contributed by atoms with van der Waals surface area (Å²) in [5.41, 5.74) is 5.38. The van der Waals surface area contributed by atoms with Gasteiger partial charge in [-0.25, -0.2) is 0 Å². The summed E-state index contributed by atoms with van der Waals surface area (Å²) in [6.45, 7) is 2.10. The number of aryl methyl sites for hydroxylation is 1. The van der Waals surface area contributed by atoms with Gasteiger partial charge in [0.2, 0.25) is 0 Å². The number of aromatic nitrogens is 2. The topological polar surface area (TPSA) is 25.8 Å². The quantitative estimate of drug-likeness (QED) is 0.679. The molecule has 0 unspecified atom stereocenters. The molecule has 2 heterocycles. The van der Waals surface area contributed by atoms with Crippen molar-refractivity contribution in [3.05, 3.63) is 72.6 Å². The van der Waals surface area contributed by atoms with E-state index >= 15 is 0 Å². The molecular weight excluding hydrogens is 232 g/mol. The lowest BCUT2D eigenvalue weighted by atomic mass is 10.0. The Morgan fingerprint density at radius 3 is 2.32 bits per heavy atom. The molecule has 0 aliphatic heterocycles. The van der Waals surface area contributed by atoms with Gasteiger partial charge in [0.05, 0.1) is 11.4 Å². The second kappa shape index (κ2) is 5.02. The normalized spacial score (nSPS) is 10.4. The highest BCUT2D eigenvalue weighted by Gasteiger charge is 2.02. The minimum absolute atomic E-state index is 0.900. The Balaban J connectivity index is 1.95. The van der Waals surface area contributed by atoms with Crippen molar-refractivity contribution < 1.29 is 0 Å². The van der Waals surface area contributed by atoms with Gasteiger partial charge in [0.1, 0.15) is 0 Å². The van der Waals surface area contributed by atoms with Crippen LogP contribution in [-0.2, 0) is 0 Å². The summed E-state index contributed by atoms with van der Waals surface area (Å²) in [7, 11) is 0. The Hall–Kier alpha value is -2.48. The third-order valence-corrected chi connectivity index (χ3v) is 3.04. The first-order chi connectivity index (χ1) is 9.33. The number of pyridine rings is 2. The molecule has 0 bridgehead atoms. The van der Waals surface area contributed by atoms with Crippen molar-refractivity contribution in [3.8, 4) is 22.5 Å². The van der Waals surface area contributed by atoms with Crippen LogP contribution in [0.25, 0.3) is 22.5 Å². The SMILES string of the molecule is Cc1cccc(-c2ccc(-c3ccccn3)nc2)c1. The summed E-state index contributed by atoms with van der Waals surface area (Å²) >= 11 is 0. The molecule has 3 aromatic rings. The van der Waals surface area contributed by atoms with Gasteiger partial charge >= 0.3 is 0 Å². The maximum atomic E-state index is 4.49. The molecule has 0 radical (unpaired) electrons. The molecule has 0 amide bonds. The minimum Gasteiger partial charge on any atom is -0.255 e. The van der Waals surface area contributed by atoms with Gasteiger partial charge in [-0.1, -0.05) is 42.0 Å². The molecule has 0 spiro atoms. The zero-order valence-electron chi connectivity index (χ0n) is 10.7. The maximum absolute atomic E-state index is 4.49. The largest absolute Gasteiger partial charge is 0.255 e. The first-order valence-electron chi connectivity index (χ1n) is 6.27. The Morgan fingerprint density at radius 1 is 0.737 bits per heavy atom. The van der Waals surface area contributed by atoms with Crippen LogP contribution in [0.1, 0.15) is 5.56 Å². The molecule has 2 nitrogen and oxygen atoms in total. The molecule has 19 heavy (non-hydrogen) atoms. The Bertz CT molecular complexity index is 673. The van der Waals surface area contributed by atoms with Crippen LogP contribution < -0.4 is 0 Å². The van der Waals surface area contributed by atoms with Gasteiger partial charge in [0.15, 0.2) is 0 Å². The Labute approximate surface area is 112 Å². The smallest absolute Gasteiger partial charge is 0.0886 e. The predicted molar refractivity (Wildman–Crippen MR) is 77.6 cm³/mol. The zero-order valence-corrected chi connectivity index (χ0v) is 10.7. The molecular formula is C17H14N2. The summed E-state index contributed by atoms with van der Waals surface area (Å²) in [4.78, 5) is 8.80. The molecule has 0 aliphatic carbocycles. The van der Waals surface area contributed by atoms with E-state index in [1.165, 1.54) is 11.1 Å². The van der Waals surface area contributed by atoms with Crippen molar-refractivity contribution in [2.24, 2.45) is 0 Å². The molecule has 3 rings (SSSR count). The van der Waals surface area contributed by atoms with Crippen LogP contribution in [-0.4, -0.2) is 9.97 Å². The highest BCUT2D eigenvalue weighted by molar-refractivity contribution is 5.65. The second-order valence-electron chi connectivity index (χ2n) is 4.52. The van der Waals surface area contributed by atoms with Crippen LogP contribution in [0.4, 0.5) is 0 Å². The summed E-state index contributed by atoms with van der Waals surface area (Å²) in [5.74, 6) is 0. The molecule has 0 aliphatic rings. The Kier molecular flexibility index (Phi) is 3.07. The summed E-state index contributed by atoms with van der Waals surface area (Å²) in [6.07, 6.45) is 3.68. The minimum atomic E-state index is 0.900. The summed E-state index contributed by atoms with van der Waals surface area (Å²) < 4.78 is 0. The Morgan fingerprint density at radius 2 is 1.63 bits per heavy atom. The highest BCUT2D eigenvalue weighted by Crippen LogP contribution is 2.22. The molecule has 0 fully saturated rings. The van der Waals surface area contributed by atoms with E-state index in [9.17, 15) is 0 Å². The van der Waals surface area contributed by atoms with Gasteiger partial charge in [-0.15, -0.1) is 0 Å². The van der Waals surface area contributed by atoms with E-state index in [2.05, 4.69) is 47.2 Å². The summed E-state index contributed by atoms with van der Waals surface area (Å²) in [6, 6.07) is 18.4. The molecule has 0 saturated heterocycles. The fraction of sp³-hybridized carbons (Fsp3) is 0.0588. The number of benzene rings is 1. The number of nitrogens with zero attached hydrogens (tertiary/aromatic N) is 2. The van der Waals surface area contributed by atoms with Crippen molar-refractivity contribution in [2.45, 2.75) is 6.92 Å². The monoisotopic (exact) mass is 246 g/mol. The van der Waals surface area contributed by atoms with E-state index in [0.717, 1.165) is 17.0 Å². The number of hydrogen-bond donors (Lipinski definition) is 0. The van der Waals surface area contributed by atoms with Crippen LogP contribution in [0.5, 0.6) is 0 Å². The van der Waals surface area contributed by atoms with Gasteiger partial charge in [-0.3, -0.25) is 9.97 Å². The van der Waals surface area contributed by atoms with Crippen LogP contribution >= 0.6 is 0 Å². The van der Waals surface area contributed by atoms with Gasteiger partial charge < -0.3 is 0 Å². The van der Waals surface area contributed by atoms with Crippen LogP contribution in [0.15, 0.2) is 67.0 Å². The van der Waals surface area contributed by atoms with E-state index < -0.39 is 0 Å². The van der Waals surface area contributed by atoms with Gasteiger partial charge in [0.25, 0.3) is 0 Å². The van der Waals surface area contributed by atoms with E-state index in [1.54, 1.807) is 6.20 Å². The number of rotatable bonds is 2. The maximum Gasteiger partial charge on any atom is 0.0886 e. The lowest BCUT2D eigenvalue weighted by Crippen LogP contribution is -1.87. The van der Waals surface area contributed by atoms with Crippen molar-refractivity contribution in [1.82, 2.24) is 9.97 Å². The first-order valence-corrected chi connectivity index (χ1v) is 6.27. The van der Waals surface area contributed by atoms with E-state index in [1.807, 2.05) is 30.5 Å². The van der Waals surface area contributed by atoms with Crippen LogP contribution in [0, 0.1) is 6.92 Å². The molecule has 0 saturated carbocycles. The lowest BCUT2D eigenvalue weighted by Gasteiger charge is -2.04. The van der Waals surface area contributed by atoms with Crippen molar-refractivity contribution >= 4 is 0 Å². The third-order valence-electron chi connectivity index (χ3n) is 3.04. The van der Waals surface area contributed by atoms with E-state index in [4.69, 9.17) is 0 Å². The zero-order chi connectivity index (χ0) is 13.1. The van der Waals surface area contributed by atoms with Crippen LogP contribution in [0.2, 0.25) is 0 Å². The van der Waals surface area contributed by atoms with Crippen LogP contribution in [0.3, 0.4) is 0 Å². The highest BCUT2D eigenvalue weighted by atomic mass is 14.8. The molecule has 1 aromatic carbocycles. The fourth-order valence-corrected chi connectivity index (χ4v) is 2.06. The third kappa shape index (κ3) is 2.52. The molecule has 0 N–H and O–H groups in total. The molecule has 92 valence electrons. The van der Waals surface area contributed by atoms with Gasteiger partial charge in [-0.05, 0) is 30.7 Å². The average molecular weight is 246 g/mol. The second-order valence-corrected chi connectivity index (χ2v) is 4.52. The van der Waals surface area contributed by atoms with Crippen molar-refractivity contribution in [2.75, 3.05) is 0 Å². The number of hydrogen-bond acceptors (Lipinski definition) is 2. The van der Waals surface area contributed by atoms with E-state index in [-0.39, 0.29) is 0 Å². The standard InChI is InChI=1S/C17H14N2/c1-13-5-4-6-14(11-13)15-8-9-17(19-12-15)16-7-2-3-10-18-16/h2-12H,1H3. The molecule has 0 atom stereocenters. The molecule has 2 heteroatoms. The predicted octanol–water partition coefficient (Wildman–Crippen LogP) is 4.12. The van der Waals surface area contributed by atoms with Crippen molar-refractivity contribution in [3.63, 3.8) is 0 Å². The summed E-state index contributed by atoms with van der Waals surface area (Å²) in [5, 5.41) is 0. The van der Waals surface area contributed by atoms with Gasteiger partial charge in [0, 0.05) is 18.0 Å². The molecule has 2 aromatic heterocycles. The first kappa shape index (κ1) is 11.6. The average Bonchev–Trinajstić information content (AvgIpc) is 2.48.